The van der Waals surface area contributed by atoms with Crippen molar-refractivity contribution in [1.29, 1.82) is 0 Å². The largest absolute Gasteiger partial charge is 0.496 e. The first-order valence-electron chi connectivity index (χ1n) is 6.59. The van der Waals surface area contributed by atoms with Crippen LogP contribution in [0.5, 0.6) is 0 Å². The number of rotatable bonds is 4. The molecule has 1 fully saturated rings. The molecule has 0 spiro atoms. The maximum atomic E-state index is 6.42. The van der Waals surface area contributed by atoms with E-state index in [1.54, 1.807) is 0 Å². The summed E-state index contributed by atoms with van der Waals surface area (Å²) in [4.78, 5) is 2.45. The first-order chi connectivity index (χ1) is 8.18. The SMILES string of the molecule is CCC(C)(C(N)C1=CCCO1)N1CCOCC1. The minimum atomic E-state index is -0.0342. The van der Waals surface area contributed by atoms with Crippen LogP contribution in [0.4, 0.5) is 0 Å². The van der Waals surface area contributed by atoms with Gasteiger partial charge in [0.25, 0.3) is 0 Å². The molecule has 0 bridgehead atoms. The molecule has 2 aliphatic heterocycles. The van der Waals surface area contributed by atoms with Crippen molar-refractivity contribution >= 4 is 0 Å². The Morgan fingerprint density at radius 3 is 2.65 bits per heavy atom. The summed E-state index contributed by atoms with van der Waals surface area (Å²) in [5, 5.41) is 0. The zero-order chi connectivity index (χ0) is 12.3. The first kappa shape index (κ1) is 12.9. The topological polar surface area (TPSA) is 47.7 Å². The predicted molar refractivity (Wildman–Crippen MR) is 67.7 cm³/mol. The Labute approximate surface area is 104 Å². The van der Waals surface area contributed by atoms with Gasteiger partial charge in [-0.05, 0) is 19.4 Å². The van der Waals surface area contributed by atoms with Crippen molar-refractivity contribution in [3.63, 3.8) is 0 Å². The molecule has 0 aromatic rings. The van der Waals surface area contributed by atoms with Crippen LogP contribution in [-0.4, -0.2) is 49.4 Å². The normalized spacial score (nSPS) is 27.1. The quantitative estimate of drug-likeness (QED) is 0.800. The third kappa shape index (κ3) is 2.49. The average molecular weight is 240 g/mol. The van der Waals surface area contributed by atoms with Crippen molar-refractivity contribution < 1.29 is 9.47 Å². The molecule has 1 saturated heterocycles. The van der Waals surface area contributed by atoms with Crippen molar-refractivity contribution in [3.8, 4) is 0 Å². The number of nitrogens with zero attached hydrogens (tertiary/aromatic N) is 1. The Kier molecular flexibility index (Phi) is 4.07. The summed E-state index contributed by atoms with van der Waals surface area (Å²) in [5.41, 5.74) is 6.40. The van der Waals surface area contributed by atoms with Gasteiger partial charge in [0.05, 0.1) is 25.9 Å². The van der Waals surface area contributed by atoms with Gasteiger partial charge < -0.3 is 15.2 Å². The zero-order valence-electron chi connectivity index (χ0n) is 10.9. The standard InChI is InChI=1S/C13H24N2O2/c1-3-13(2,15-6-9-16-10-7-15)12(14)11-5-4-8-17-11/h5,12H,3-4,6-10,14H2,1-2H3. The van der Waals surface area contributed by atoms with Gasteiger partial charge in [-0.1, -0.05) is 6.92 Å². The van der Waals surface area contributed by atoms with Crippen LogP contribution in [0.3, 0.4) is 0 Å². The Morgan fingerprint density at radius 1 is 1.41 bits per heavy atom. The number of ether oxygens (including phenoxy) is 2. The van der Waals surface area contributed by atoms with Crippen molar-refractivity contribution in [1.82, 2.24) is 4.90 Å². The molecule has 2 N–H and O–H groups in total. The summed E-state index contributed by atoms with van der Waals surface area (Å²) < 4.78 is 11.0. The summed E-state index contributed by atoms with van der Waals surface area (Å²) in [5.74, 6) is 0.973. The molecular weight excluding hydrogens is 216 g/mol. The summed E-state index contributed by atoms with van der Waals surface area (Å²) in [6.07, 6.45) is 4.15. The lowest BCUT2D eigenvalue weighted by atomic mass is 9.86. The van der Waals surface area contributed by atoms with Crippen LogP contribution >= 0.6 is 0 Å². The first-order valence-corrected chi connectivity index (χ1v) is 6.59. The minimum absolute atomic E-state index is 0.0278. The maximum absolute atomic E-state index is 6.42. The Bertz CT molecular complexity index is 287. The Hall–Kier alpha value is -0.580. The van der Waals surface area contributed by atoms with Crippen LogP contribution in [0.1, 0.15) is 26.7 Å². The van der Waals surface area contributed by atoms with Crippen LogP contribution < -0.4 is 5.73 Å². The van der Waals surface area contributed by atoms with E-state index >= 15 is 0 Å². The third-order valence-electron chi connectivity index (χ3n) is 4.16. The van der Waals surface area contributed by atoms with Gasteiger partial charge >= 0.3 is 0 Å². The molecule has 4 heteroatoms. The number of hydrogen-bond donors (Lipinski definition) is 1. The molecular formula is C13H24N2O2. The van der Waals surface area contributed by atoms with Crippen molar-refractivity contribution in [2.75, 3.05) is 32.9 Å². The highest BCUT2D eigenvalue weighted by Gasteiger charge is 2.40. The molecule has 0 aromatic heterocycles. The van der Waals surface area contributed by atoms with Gasteiger partial charge in [0.15, 0.2) is 0 Å². The van der Waals surface area contributed by atoms with Crippen LogP contribution in [-0.2, 0) is 9.47 Å². The zero-order valence-corrected chi connectivity index (χ0v) is 10.9. The second kappa shape index (κ2) is 5.38. The molecule has 2 rings (SSSR count). The van der Waals surface area contributed by atoms with Crippen LogP contribution in [0, 0.1) is 0 Å². The molecule has 2 aliphatic rings. The molecule has 98 valence electrons. The highest BCUT2D eigenvalue weighted by atomic mass is 16.5. The lowest BCUT2D eigenvalue weighted by Gasteiger charge is -2.46. The highest BCUT2D eigenvalue weighted by molar-refractivity contribution is 5.15. The van der Waals surface area contributed by atoms with Gasteiger partial charge in [0, 0.05) is 25.0 Å². The molecule has 2 heterocycles. The fourth-order valence-electron chi connectivity index (χ4n) is 2.67. The molecule has 2 atom stereocenters. The maximum Gasteiger partial charge on any atom is 0.111 e. The van der Waals surface area contributed by atoms with E-state index < -0.39 is 0 Å². The molecule has 0 saturated carbocycles. The minimum Gasteiger partial charge on any atom is -0.496 e. The van der Waals surface area contributed by atoms with Crippen molar-refractivity contribution in [2.45, 2.75) is 38.3 Å². The molecule has 4 nitrogen and oxygen atoms in total. The lowest BCUT2D eigenvalue weighted by molar-refractivity contribution is -0.0286. The number of hydrogen-bond acceptors (Lipinski definition) is 4. The summed E-state index contributed by atoms with van der Waals surface area (Å²) in [6, 6.07) is -0.0342. The smallest absolute Gasteiger partial charge is 0.111 e. The van der Waals surface area contributed by atoms with Crippen LogP contribution in [0.2, 0.25) is 0 Å². The van der Waals surface area contributed by atoms with E-state index in [2.05, 4.69) is 24.8 Å². The Morgan fingerprint density at radius 2 is 2.12 bits per heavy atom. The molecule has 0 aliphatic carbocycles. The van der Waals surface area contributed by atoms with E-state index in [1.165, 1.54) is 0 Å². The van der Waals surface area contributed by atoms with Gasteiger partial charge in [0.2, 0.25) is 0 Å². The molecule has 0 aromatic carbocycles. The third-order valence-corrected chi connectivity index (χ3v) is 4.16. The fraction of sp³-hybridized carbons (Fsp3) is 0.846. The molecule has 0 radical (unpaired) electrons. The monoisotopic (exact) mass is 240 g/mol. The second-order valence-corrected chi connectivity index (χ2v) is 5.03. The molecule has 2 unspecified atom stereocenters. The van der Waals surface area contributed by atoms with Gasteiger partial charge in [-0.15, -0.1) is 0 Å². The van der Waals surface area contributed by atoms with Gasteiger partial charge in [0.1, 0.15) is 5.76 Å². The fourth-order valence-corrected chi connectivity index (χ4v) is 2.67. The summed E-state index contributed by atoms with van der Waals surface area (Å²) >= 11 is 0. The van der Waals surface area contributed by atoms with E-state index in [0.29, 0.717) is 0 Å². The van der Waals surface area contributed by atoms with E-state index in [1.807, 2.05) is 0 Å². The van der Waals surface area contributed by atoms with E-state index in [-0.39, 0.29) is 11.6 Å². The van der Waals surface area contributed by atoms with Gasteiger partial charge in [-0.25, -0.2) is 0 Å². The molecule has 17 heavy (non-hydrogen) atoms. The predicted octanol–water partition coefficient (Wildman–Crippen LogP) is 1.12. The van der Waals surface area contributed by atoms with E-state index in [0.717, 1.165) is 51.5 Å². The lowest BCUT2D eigenvalue weighted by Crippen LogP contribution is -2.61. The number of morpholine rings is 1. The van der Waals surface area contributed by atoms with E-state index in [9.17, 15) is 0 Å². The van der Waals surface area contributed by atoms with E-state index in [4.69, 9.17) is 15.2 Å². The summed E-state index contributed by atoms with van der Waals surface area (Å²) in [7, 11) is 0. The molecule has 0 amide bonds. The van der Waals surface area contributed by atoms with Gasteiger partial charge in [-0.2, -0.15) is 0 Å². The van der Waals surface area contributed by atoms with Gasteiger partial charge in [-0.3, -0.25) is 4.90 Å². The highest BCUT2D eigenvalue weighted by Crippen LogP contribution is 2.29. The average Bonchev–Trinajstić information content (AvgIpc) is 2.92. The van der Waals surface area contributed by atoms with Crippen molar-refractivity contribution in [2.24, 2.45) is 5.73 Å². The summed E-state index contributed by atoms with van der Waals surface area (Å²) in [6.45, 7) is 8.77. The second-order valence-electron chi connectivity index (χ2n) is 5.03. The number of nitrogens with two attached hydrogens (primary N) is 1. The van der Waals surface area contributed by atoms with Crippen molar-refractivity contribution in [3.05, 3.63) is 11.8 Å². The Balaban J connectivity index is 2.10. The van der Waals surface area contributed by atoms with Crippen LogP contribution in [0.25, 0.3) is 0 Å². The van der Waals surface area contributed by atoms with Crippen LogP contribution in [0.15, 0.2) is 11.8 Å².